The minimum atomic E-state index is -3.94. The zero-order valence-electron chi connectivity index (χ0n) is 17.2. The summed E-state index contributed by atoms with van der Waals surface area (Å²) in [6, 6.07) is 11.7. The molecule has 0 aliphatic carbocycles. The van der Waals surface area contributed by atoms with Crippen LogP contribution < -0.4 is 10.6 Å². The number of nitrogens with zero attached hydrogens (tertiary/aromatic N) is 1. The predicted molar refractivity (Wildman–Crippen MR) is 109 cm³/mol. The number of hydroxylamine groups is 1. The molecule has 0 aromatic heterocycles. The van der Waals surface area contributed by atoms with Gasteiger partial charge in [-0.05, 0) is 62.2 Å². The Balaban J connectivity index is 1.80. The van der Waals surface area contributed by atoms with Crippen molar-refractivity contribution in [1.82, 2.24) is 5.17 Å². The third kappa shape index (κ3) is 5.04. The first kappa shape index (κ1) is 23.1. The predicted octanol–water partition coefficient (Wildman–Crippen LogP) is 2.45. The molecular formula is C21H25FN2O6S. The number of hydrazine groups is 1. The van der Waals surface area contributed by atoms with Gasteiger partial charge in [0.1, 0.15) is 18.2 Å². The summed E-state index contributed by atoms with van der Waals surface area (Å²) in [5.41, 5.74) is -0.370. The smallest absolute Gasteiger partial charge is 0.268 e. The number of halogens is 1. The van der Waals surface area contributed by atoms with Gasteiger partial charge in [0.05, 0.1) is 21.7 Å². The van der Waals surface area contributed by atoms with Crippen molar-refractivity contribution in [1.29, 1.82) is 0 Å². The summed E-state index contributed by atoms with van der Waals surface area (Å²) in [5, 5.41) is 8.23. The molecule has 2 aromatic rings. The molecule has 1 saturated heterocycles. The third-order valence-electron chi connectivity index (χ3n) is 5.36. The van der Waals surface area contributed by atoms with Crippen LogP contribution >= 0.6 is 0 Å². The molecule has 10 heteroatoms. The molecule has 1 fully saturated rings. The first-order valence-electron chi connectivity index (χ1n) is 9.65. The molecule has 0 bridgehead atoms. The zero-order valence-corrected chi connectivity index (χ0v) is 18.0. The number of hydrogen-bond acceptors (Lipinski definition) is 7. The molecule has 3 rings (SSSR count). The van der Waals surface area contributed by atoms with Crippen molar-refractivity contribution in [2.75, 3.05) is 6.61 Å². The second kappa shape index (κ2) is 8.91. The molecule has 0 radical (unpaired) electrons. The lowest BCUT2D eigenvalue weighted by Crippen LogP contribution is -2.57. The summed E-state index contributed by atoms with van der Waals surface area (Å²) in [4.78, 5) is 12.5. The fourth-order valence-corrected chi connectivity index (χ4v) is 5.80. The lowest BCUT2D eigenvalue weighted by Gasteiger charge is -2.42. The molecule has 1 amide bonds. The van der Waals surface area contributed by atoms with Crippen LogP contribution in [0.25, 0.3) is 0 Å². The summed E-state index contributed by atoms with van der Waals surface area (Å²) in [6.07, 6.45) is 0.0822. The Morgan fingerprint density at radius 3 is 2.42 bits per heavy atom. The van der Waals surface area contributed by atoms with Crippen LogP contribution in [0.3, 0.4) is 0 Å². The minimum absolute atomic E-state index is 0.0173. The number of carbonyl (C=O) groups is 1. The van der Waals surface area contributed by atoms with E-state index in [9.17, 15) is 22.8 Å². The van der Waals surface area contributed by atoms with E-state index in [-0.39, 0.29) is 35.5 Å². The maximum atomic E-state index is 13.3. The zero-order chi connectivity index (χ0) is 22.8. The van der Waals surface area contributed by atoms with Gasteiger partial charge in [-0.15, -0.1) is 0 Å². The monoisotopic (exact) mass is 452 g/mol. The van der Waals surface area contributed by atoms with Crippen molar-refractivity contribution in [3.05, 3.63) is 59.9 Å². The Kier molecular flexibility index (Phi) is 6.65. The number of carbonyl (C=O) groups excluding carboxylic acids is 1. The minimum Gasteiger partial charge on any atom is -0.489 e. The second-order valence-electron chi connectivity index (χ2n) is 7.87. The number of rotatable bonds is 6. The van der Waals surface area contributed by atoms with Crippen LogP contribution in [-0.2, 0) is 26.0 Å². The Hall–Kier alpha value is -2.53. The van der Waals surface area contributed by atoms with E-state index in [1.807, 2.05) is 0 Å². The quantitative estimate of drug-likeness (QED) is 0.299. The standard InChI is InChI=1S/C21H25FN2O6S/c1-21(2)19(20(25)24(23)26)18(11-12-30-21)31(27,28)17-9-7-16(8-10-17)29-13-14-3-5-15(22)6-4-14/h3-10,18-19,26H,11-13,23H2,1-2H3. The molecule has 0 spiro atoms. The SMILES string of the molecule is CC1(C)OCCC(S(=O)(=O)c2ccc(OCc3ccc(F)cc3)cc2)C1C(=O)N(N)O. The van der Waals surface area contributed by atoms with Gasteiger partial charge in [-0.25, -0.2) is 18.7 Å². The van der Waals surface area contributed by atoms with Crippen LogP contribution in [0.1, 0.15) is 25.8 Å². The van der Waals surface area contributed by atoms with Crippen LogP contribution in [0.4, 0.5) is 4.39 Å². The first-order valence-corrected chi connectivity index (χ1v) is 11.2. The van der Waals surface area contributed by atoms with E-state index in [4.69, 9.17) is 15.3 Å². The Bertz CT molecular complexity index is 1020. The number of amides is 1. The highest BCUT2D eigenvalue weighted by Crippen LogP contribution is 2.38. The fraction of sp³-hybridized carbons (Fsp3) is 0.381. The summed E-state index contributed by atoms with van der Waals surface area (Å²) < 4.78 is 50.8. The Morgan fingerprint density at radius 1 is 1.23 bits per heavy atom. The molecule has 1 heterocycles. The summed E-state index contributed by atoms with van der Waals surface area (Å²) in [5.74, 6) is 3.17. The maximum absolute atomic E-state index is 13.3. The highest BCUT2D eigenvalue weighted by Gasteiger charge is 2.51. The number of benzene rings is 2. The van der Waals surface area contributed by atoms with Gasteiger partial charge in [0, 0.05) is 6.61 Å². The largest absolute Gasteiger partial charge is 0.489 e. The second-order valence-corrected chi connectivity index (χ2v) is 10.0. The molecule has 2 aromatic carbocycles. The molecule has 168 valence electrons. The van der Waals surface area contributed by atoms with Crippen molar-refractivity contribution in [2.45, 2.75) is 42.6 Å². The molecule has 2 atom stereocenters. The summed E-state index contributed by atoms with van der Waals surface area (Å²) >= 11 is 0. The number of sulfone groups is 1. The van der Waals surface area contributed by atoms with E-state index in [2.05, 4.69) is 0 Å². The normalized spacial score (nSPS) is 20.8. The number of ether oxygens (including phenoxy) is 2. The number of hydrogen-bond donors (Lipinski definition) is 2. The van der Waals surface area contributed by atoms with E-state index in [1.165, 1.54) is 36.4 Å². The van der Waals surface area contributed by atoms with Crippen molar-refractivity contribution in [3.8, 4) is 5.75 Å². The molecule has 0 saturated carbocycles. The highest BCUT2D eigenvalue weighted by atomic mass is 32.2. The lowest BCUT2D eigenvalue weighted by atomic mass is 9.83. The van der Waals surface area contributed by atoms with E-state index in [1.54, 1.807) is 26.0 Å². The summed E-state index contributed by atoms with van der Waals surface area (Å²) in [6.45, 7) is 3.52. The third-order valence-corrected chi connectivity index (χ3v) is 7.59. The highest BCUT2D eigenvalue weighted by molar-refractivity contribution is 7.92. The topological polar surface area (TPSA) is 119 Å². The Labute approximate surface area is 180 Å². The van der Waals surface area contributed by atoms with Crippen molar-refractivity contribution >= 4 is 15.7 Å². The van der Waals surface area contributed by atoms with E-state index >= 15 is 0 Å². The van der Waals surface area contributed by atoms with E-state index < -0.39 is 32.5 Å². The van der Waals surface area contributed by atoms with Crippen LogP contribution in [0.15, 0.2) is 53.4 Å². The molecular weight excluding hydrogens is 427 g/mol. The van der Waals surface area contributed by atoms with Crippen molar-refractivity contribution < 1.29 is 32.3 Å². The van der Waals surface area contributed by atoms with Crippen LogP contribution in [0.5, 0.6) is 5.75 Å². The van der Waals surface area contributed by atoms with Gasteiger partial charge >= 0.3 is 0 Å². The Morgan fingerprint density at radius 2 is 1.84 bits per heavy atom. The molecule has 3 N–H and O–H groups in total. The lowest BCUT2D eigenvalue weighted by molar-refractivity contribution is -0.187. The van der Waals surface area contributed by atoms with Crippen LogP contribution in [0, 0.1) is 11.7 Å². The number of nitrogens with two attached hydrogens (primary N) is 1. The van der Waals surface area contributed by atoms with Crippen molar-refractivity contribution in [3.63, 3.8) is 0 Å². The first-order chi connectivity index (χ1) is 14.5. The van der Waals surface area contributed by atoms with E-state index in [0.29, 0.717) is 5.75 Å². The molecule has 1 aliphatic heterocycles. The molecule has 31 heavy (non-hydrogen) atoms. The van der Waals surface area contributed by atoms with Crippen LogP contribution in [-0.4, -0.2) is 42.2 Å². The molecule has 2 unspecified atom stereocenters. The average molecular weight is 453 g/mol. The van der Waals surface area contributed by atoms with Gasteiger partial charge in [-0.2, -0.15) is 5.17 Å². The van der Waals surface area contributed by atoms with E-state index in [0.717, 1.165) is 5.56 Å². The van der Waals surface area contributed by atoms with Gasteiger partial charge in [0.25, 0.3) is 5.91 Å². The fourth-order valence-electron chi connectivity index (χ4n) is 3.72. The van der Waals surface area contributed by atoms with Crippen molar-refractivity contribution in [2.24, 2.45) is 11.8 Å². The van der Waals surface area contributed by atoms with Gasteiger partial charge in [0.15, 0.2) is 9.84 Å². The maximum Gasteiger partial charge on any atom is 0.268 e. The van der Waals surface area contributed by atoms with Gasteiger partial charge in [0.2, 0.25) is 0 Å². The van der Waals surface area contributed by atoms with Crippen LogP contribution in [0.2, 0.25) is 0 Å². The van der Waals surface area contributed by atoms with Gasteiger partial charge in [-0.1, -0.05) is 12.1 Å². The van der Waals surface area contributed by atoms with Gasteiger partial charge in [-0.3, -0.25) is 10.0 Å². The average Bonchev–Trinajstić information content (AvgIpc) is 2.72. The molecule has 1 aliphatic rings. The van der Waals surface area contributed by atoms with Gasteiger partial charge < -0.3 is 9.47 Å². The molecule has 8 nitrogen and oxygen atoms in total. The summed E-state index contributed by atoms with van der Waals surface area (Å²) in [7, 11) is -3.94.